The lowest BCUT2D eigenvalue weighted by molar-refractivity contribution is 0.459. The van der Waals surface area contributed by atoms with E-state index in [1.807, 2.05) is 72.8 Å². The maximum Gasteiger partial charge on any atom is 0.135 e. The molecule has 2 nitrogen and oxygen atoms in total. The van der Waals surface area contributed by atoms with Crippen molar-refractivity contribution in [3.05, 3.63) is 84.9 Å². The van der Waals surface area contributed by atoms with E-state index >= 15 is 0 Å². The molecule has 0 fully saturated rings. The third-order valence-electron chi connectivity index (χ3n) is 2.62. The van der Waals surface area contributed by atoms with E-state index in [2.05, 4.69) is 12.1 Å². The molecule has 96 valence electrons. The van der Waals surface area contributed by atoms with Crippen molar-refractivity contribution in [3.8, 4) is 23.0 Å². The zero-order chi connectivity index (χ0) is 13.6. The molecule has 0 aromatic heterocycles. The fraction of sp³-hybridized carbons (Fsp3) is 0. The van der Waals surface area contributed by atoms with Crippen LogP contribution in [0.3, 0.4) is 0 Å². The molecule has 0 aliphatic carbocycles. The van der Waals surface area contributed by atoms with Crippen molar-refractivity contribution < 1.29 is 9.47 Å². The Morgan fingerprint density at radius 3 is 1.60 bits per heavy atom. The second-order valence-corrected chi connectivity index (χ2v) is 4.13. The Morgan fingerprint density at radius 2 is 1.15 bits per heavy atom. The van der Waals surface area contributed by atoms with Crippen LogP contribution in [0, 0.1) is 12.1 Å². The van der Waals surface area contributed by atoms with Gasteiger partial charge in [-0.25, -0.2) is 0 Å². The van der Waals surface area contributed by atoms with Gasteiger partial charge < -0.3 is 9.47 Å². The highest BCUT2D eigenvalue weighted by atomic mass is 16.5. The summed E-state index contributed by atoms with van der Waals surface area (Å²) >= 11 is 0. The average molecular weight is 260 g/mol. The first-order valence-electron chi connectivity index (χ1n) is 6.29. The van der Waals surface area contributed by atoms with Gasteiger partial charge in [0.05, 0.1) is 0 Å². The summed E-state index contributed by atoms with van der Waals surface area (Å²) in [7, 11) is 0. The third-order valence-corrected chi connectivity index (χ3v) is 2.62. The summed E-state index contributed by atoms with van der Waals surface area (Å²) in [6.45, 7) is 0. The Bertz CT molecular complexity index is 607. The van der Waals surface area contributed by atoms with Crippen LogP contribution in [0.1, 0.15) is 0 Å². The molecule has 3 rings (SSSR count). The minimum absolute atomic E-state index is 0.677. The van der Waals surface area contributed by atoms with E-state index in [4.69, 9.17) is 9.47 Å². The summed E-state index contributed by atoms with van der Waals surface area (Å²) in [5, 5.41) is 0. The highest BCUT2D eigenvalue weighted by molar-refractivity contribution is 5.38. The number of rotatable bonds is 4. The molecule has 20 heavy (non-hydrogen) atoms. The van der Waals surface area contributed by atoms with Gasteiger partial charge in [0.25, 0.3) is 0 Å². The minimum atomic E-state index is 0.677. The molecule has 2 radical (unpaired) electrons. The van der Waals surface area contributed by atoms with Crippen LogP contribution in [0.5, 0.6) is 23.0 Å². The van der Waals surface area contributed by atoms with Gasteiger partial charge in [-0.1, -0.05) is 42.5 Å². The van der Waals surface area contributed by atoms with Crippen molar-refractivity contribution in [2.75, 3.05) is 0 Å². The van der Waals surface area contributed by atoms with E-state index in [0.29, 0.717) is 23.0 Å². The zero-order valence-electron chi connectivity index (χ0n) is 10.7. The lowest BCUT2D eigenvalue weighted by Crippen LogP contribution is -1.87. The maximum absolute atomic E-state index is 5.71. The standard InChI is InChI=1S/C18H12O2/c1-3-8-15(9-4-1)19-17-12-7-13-18(14-17)20-16-10-5-2-6-11-16/h1-8,10,12-14H. The van der Waals surface area contributed by atoms with Crippen LogP contribution in [-0.2, 0) is 0 Å². The summed E-state index contributed by atoms with van der Waals surface area (Å²) in [5.74, 6) is 2.77. The molecule has 0 saturated carbocycles. The molecule has 0 unspecified atom stereocenters. The van der Waals surface area contributed by atoms with Gasteiger partial charge in [-0.3, -0.25) is 0 Å². The first-order chi connectivity index (χ1) is 9.90. The number of hydrogen-bond acceptors (Lipinski definition) is 2. The molecule has 0 amide bonds. The van der Waals surface area contributed by atoms with E-state index in [1.165, 1.54) is 0 Å². The molecule has 0 aliphatic heterocycles. The van der Waals surface area contributed by atoms with E-state index in [1.54, 1.807) is 0 Å². The average Bonchev–Trinajstić information content (AvgIpc) is 2.50. The van der Waals surface area contributed by atoms with Crippen LogP contribution in [0.15, 0.2) is 72.8 Å². The Kier molecular flexibility index (Phi) is 3.65. The van der Waals surface area contributed by atoms with E-state index in [-0.39, 0.29) is 0 Å². The van der Waals surface area contributed by atoms with Crippen molar-refractivity contribution in [2.24, 2.45) is 0 Å². The first-order valence-corrected chi connectivity index (χ1v) is 6.29. The summed E-state index contributed by atoms with van der Waals surface area (Å²) in [6, 6.07) is 28.5. The Morgan fingerprint density at radius 1 is 0.600 bits per heavy atom. The summed E-state index contributed by atoms with van der Waals surface area (Å²) in [6.07, 6.45) is 0. The van der Waals surface area contributed by atoms with Gasteiger partial charge in [0.1, 0.15) is 23.0 Å². The van der Waals surface area contributed by atoms with Crippen molar-refractivity contribution in [2.45, 2.75) is 0 Å². The third kappa shape index (κ3) is 3.18. The molecule has 0 heterocycles. The van der Waals surface area contributed by atoms with Crippen molar-refractivity contribution in [1.29, 1.82) is 0 Å². The van der Waals surface area contributed by atoms with Gasteiger partial charge in [-0.15, -0.1) is 0 Å². The van der Waals surface area contributed by atoms with E-state index in [9.17, 15) is 0 Å². The van der Waals surface area contributed by atoms with Crippen LogP contribution in [0.2, 0.25) is 0 Å². The number of benzene rings is 3. The number of para-hydroxylation sites is 2. The molecule has 0 saturated heterocycles. The second kappa shape index (κ2) is 5.93. The van der Waals surface area contributed by atoms with Crippen LogP contribution in [0.4, 0.5) is 0 Å². The highest BCUT2D eigenvalue weighted by Crippen LogP contribution is 2.27. The van der Waals surface area contributed by atoms with Gasteiger partial charge in [0, 0.05) is 18.2 Å². The van der Waals surface area contributed by atoms with Gasteiger partial charge in [0.2, 0.25) is 0 Å². The monoisotopic (exact) mass is 260 g/mol. The minimum Gasteiger partial charge on any atom is -0.457 e. The molecular weight excluding hydrogens is 248 g/mol. The van der Waals surface area contributed by atoms with Gasteiger partial charge in [0.15, 0.2) is 0 Å². The maximum atomic E-state index is 5.71. The molecule has 0 aliphatic rings. The smallest absolute Gasteiger partial charge is 0.135 e. The molecule has 3 aromatic rings. The predicted molar refractivity (Wildman–Crippen MR) is 77.1 cm³/mol. The molecule has 0 bridgehead atoms. The molecule has 3 aromatic carbocycles. The largest absolute Gasteiger partial charge is 0.457 e. The Labute approximate surface area is 118 Å². The van der Waals surface area contributed by atoms with E-state index in [0.717, 1.165) is 0 Å². The fourth-order valence-corrected chi connectivity index (χ4v) is 1.74. The molecule has 0 spiro atoms. The van der Waals surface area contributed by atoms with Crippen molar-refractivity contribution >= 4 is 0 Å². The molecular formula is C18H12O2. The van der Waals surface area contributed by atoms with Crippen LogP contribution >= 0.6 is 0 Å². The normalized spacial score (nSPS) is 10.0. The molecule has 0 N–H and O–H groups in total. The van der Waals surface area contributed by atoms with E-state index < -0.39 is 0 Å². The fourth-order valence-electron chi connectivity index (χ4n) is 1.74. The topological polar surface area (TPSA) is 18.5 Å². The van der Waals surface area contributed by atoms with Gasteiger partial charge in [-0.05, 0) is 24.3 Å². The molecule has 0 atom stereocenters. The Balaban J connectivity index is 1.76. The lowest BCUT2D eigenvalue weighted by Gasteiger charge is -2.08. The first kappa shape index (κ1) is 12.3. The summed E-state index contributed by atoms with van der Waals surface area (Å²) < 4.78 is 11.4. The predicted octanol–water partition coefficient (Wildman–Crippen LogP) is 4.87. The van der Waals surface area contributed by atoms with Gasteiger partial charge in [-0.2, -0.15) is 0 Å². The Hall–Kier alpha value is -2.74. The second-order valence-electron chi connectivity index (χ2n) is 4.13. The zero-order valence-corrected chi connectivity index (χ0v) is 10.7. The van der Waals surface area contributed by atoms with Crippen molar-refractivity contribution in [1.82, 2.24) is 0 Å². The summed E-state index contributed by atoms with van der Waals surface area (Å²) in [5.41, 5.74) is 0. The van der Waals surface area contributed by atoms with Gasteiger partial charge >= 0.3 is 0 Å². The SMILES string of the molecule is [c]1ccccc1Oc1cccc(Oc2[c]cccc2)c1. The number of hydrogen-bond donors (Lipinski definition) is 0. The number of ether oxygens (including phenoxy) is 2. The highest BCUT2D eigenvalue weighted by Gasteiger charge is 2.01. The quantitative estimate of drug-likeness (QED) is 0.666. The summed E-state index contributed by atoms with van der Waals surface area (Å²) in [4.78, 5) is 0. The van der Waals surface area contributed by atoms with Crippen LogP contribution in [-0.4, -0.2) is 0 Å². The van der Waals surface area contributed by atoms with Crippen LogP contribution < -0.4 is 9.47 Å². The van der Waals surface area contributed by atoms with Crippen molar-refractivity contribution in [3.63, 3.8) is 0 Å². The molecule has 2 heteroatoms. The lowest BCUT2D eigenvalue weighted by atomic mass is 10.3. The van der Waals surface area contributed by atoms with Crippen LogP contribution in [0.25, 0.3) is 0 Å².